The van der Waals surface area contributed by atoms with Crippen molar-refractivity contribution in [2.24, 2.45) is 5.73 Å². The van der Waals surface area contributed by atoms with Crippen LogP contribution in [0.25, 0.3) is 0 Å². The number of rotatable bonds is 5. The van der Waals surface area contributed by atoms with Crippen LogP contribution in [-0.2, 0) is 12.8 Å². The Bertz CT molecular complexity index is 569. The maximum Gasteiger partial charge on any atom is 0.186 e. The van der Waals surface area contributed by atoms with Crippen LogP contribution in [0.3, 0.4) is 0 Å². The van der Waals surface area contributed by atoms with E-state index in [1.165, 1.54) is 22.5 Å². The quantitative estimate of drug-likeness (QED) is 0.853. The van der Waals surface area contributed by atoms with E-state index in [1.807, 2.05) is 19.2 Å². The van der Waals surface area contributed by atoms with Crippen molar-refractivity contribution in [3.63, 3.8) is 0 Å². The third-order valence-electron chi connectivity index (χ3n) is 2.84. The lowest BCUT2D eigenvalue weighted by Gasteiger charge is -2.03. The first-order valence-corrected chi connectivity index (χ1v) is 7.21. The summed E-state index contributed by atoms with van der Waals surface area (Å²) in [5, 5.41) is 2.77. The summed E-state index contributed by atoms with van der Waals surface area (Å²) in [5.74, 6) is 0.0736. The van der Waals surface area contributed by atoms with Crippen LogP contribution < -0.4 is 5.73 Å². The zero-order chi connectivity index (χ0) is 13.8. The predicted molar refractivity (Wildman–Crippen MR) is 78.8 cm³/mol. The first kappa shape index (κ1) is 13.9. The average molecular weight is 274 g/mol. The molecule has 0 fully saturated rings. The van der Waals surface area contributed by atoms with Crippen LogP contribution in [-0.4, -0.2) is 17.3 Å². The van der Waals surface area contributed by atoms with Crippen molar-refractivity contribution in [1.82, 2.24) is 4.98 Å². The van der Waals surface area contributed by atoms with Crippen LogP contribution in [0.4, 0.5) is 0 Å². The summed E-state index contributed by atoms with van der Waals surface area (Å²) >= 11 is 1.51. The average Bonchev–Trinajstić information content (AvgIpc) is 2.76. The minimum absolute atomic E-state index is 0.0736. The van der Waals surface area contributed by atoms with Gasteiger partial charge in [-0.25, -0.2) is 4.98 Å². The van der Waals surface area contributed by atoms with Crippen LogP contribution in [0, 0.1) is 13.8 Å². The first-order chi connectivity index (χ1) is 9.08. The van der Waals surface area contributed by atoms with Gasteiger partial charge in [0.05, 0.1) is 5.01 Å². The van der Waals surface area contributed by atoms with Gasteiger partial charge in [-0.1, -0.05) is 29.3 Å². The van der Waals surface area contributed by atoms with Gasteiger partial charge < -0.3 is 5.73 Å². The number of ketones is 1. The second-order valence-electron chi connectivity index (χ2n) is 4.76. The van der Waals surface area contributed by atoms with Crippen molar-refractivity contribution in [2.45, 2.75) is 26.7 Å². The topological polar surface area (TPSA) is 56.0 Å². The molecule has 4 heteroatoms. The lowest BCUT2D eigenvalue weighted by atomic mass is 10.0. The number of carbonyl (C=O) groups excluding carboxylic acids is 1. The highest BCUT2D eigenvalue weighted by Crippen LogP contribution is 2.15. The molecule has 0 aliphatic rings. The highest BCUT2D eigenvalue weighted by molar-refractivity contribution is 7.09. The van der Waals surface area contributed by atoms with E-state index in [4.69, 9.17) is 5.73 Å². The Hall–Kier alpha value is -1.52. The van der Waals surface area contributed by atoms with E-state index in [9.17, 15) is 4.79 Å². The number of aromatic nitrogens is 1. The molecule has 0 amide bonds. The van der Waals surface area contributed by atoms with Crippen molar-refractivity contribution in [1.29, 1.82) is 0 Å². The number of nitrogens with zero attached hydrogens (tertiary/aromatic N) is 1. The number of Topliss-reactive ketones (excluding diaryl/α,β-unsaturated/α-hetero) is 1. The summed E-state index contributed by atoms with van der Waals surface area (Å²) in [4.78, 5) is 16.5. The Morgan fingerprint density at radius 1 is 1.26 bits per heavy atom. The molecule has 2 N–H and O–H groups in total. The van der Waals surface area contributed by atoms with Gasteiger partial charge in [-0.3, -0.25) is 4.79 Å². The largest absolute Gasteiger partial charge is 0.330 e. The Kier molecular flexibility index (Phi) is 4.45. The molecular weight excluding hydrogens is 256 g/mol. The van der Waals surface area contributed by atoms with Gasteiger partial charge in [0.25, 0.3) is 0 Å². The fraction of sp³-hybridized carbons (Fsp3) is 0.333. The zero-order valence-electron chi connectivity index (χ0n) is 11.3. The van der Waals surface area contributed by atoms with Crippen LogP contribution in [0.5, 0.6) is 0 Å². The third kappa shape index (κ3) is 3.72. The molecular formula is C15H18N2OS. The lowest BCUT2D eigenvalue weighted by molar-refractivity contribution is 0.0988. The van der Waals surface area contributed by atoms with E-state index in [2.05, 4.69) is 23.2 Å². The Morgan fingerprint density at radius 3 is 2.58 bits per heavy atom. The maximum atomic E-state index is 12.2. The van der Waals surface area contributed by atoms with Crippen molar-refractivity contribution in [3.05, 3.63) is 51.0 Å². The van der Waals surface area contributed by atoms with Crippen molar-refractivity contribution in [2.75, 3.05) is 6.54 Å². The van der Waals surface area contributed by atoms with E-state index >= 15 is 0 Å². The molecule has 1 aromatic carbocycles. The Labute approximate surface area is 117 Å². The van der Waals surface area contributed by atoms with E-state index in [1.54, 1.807) is 0 Å². The lowest BCUT2D eigenvalue weighted by Crippen LogP contribution is -2.06. The van der Waals surface area contributed by atoms with Crippen LogP contribution in [0.15, 0.2) is 23.6 Å². The molecule has 0 aliphatic heterocycles. The number of carbonyl (C=O) groups is 1. The molecule has 0 saturated carbocycles. The molecule has 0 spiro atoms. The van der Waals surface area contributed by atoms with Crippen molar-refractivity contribution in [3.8, 4) is 0 Å². The van der Waals surface area contributed by atoms with Gasteiger partial charge >= 0.3 is 0 Å². The van der Waals surface area contributed by atoms with E-state index < -0.39 is 0 Å². The normalized spacial score (nSPS) is 10.7. The van der Waals surface area contributed by atoms with Gasteiger partial charge in [0.15, 0.2) is 5.78 Å². The molecule has 100 valence electrons. The first-order valence-electron chi connectivity index (χ1n) is 6.33. The molecule has 0 atom stereocenters. The molecule has 2 aromatic rings. The predicted octanol–water partition coefficient (Wildman–Crippen LogP) is 2.69. The second kappa shape index (κ2) is 6.08. The summed E-state index contributed by atoms with van der Waals surface area (Å²) < 4.78 is 0. The fourth-order valence-electron chi connectivity index (χ4n) is 2.12. The van der Waals surface area contributed by atoms with Crippen LogP contribution >= 0.6 is 11.3 Å². The van der Waals surface area contributed by atoms with E-state index in [0.29, 0.717) is 18.7 Å². The Balaban J connectivity index is 2.11. The molecule has 3 nitrogen and oxygen atoms in total. The highest BCUT2D eigenvalue weighted by atomic mass is 32.1. The number of thiazole rings is 1. The molecule has 0 bridgehead atoms. The monoisotopic (exact) mass is 274 g/mol. The smallest absolute Gasteiger partial charge is 0.186 e. The van der Waals surface area contributed by atoms with Crippen molar-refractivity contribution >= 4 is 17.1 Å². The van der Waals surface area contributed by atoms with Gasteiger partial charge in [-0.15, -0.1) is 11.3 Å². The van der Waals surface area contributed by atoms with Crippen molar-refractivity contribution < 1.29 is 4.79 Å². The van der Waals surface area contributed by atoms with E-state index in [0.717, 1.165) is 17.0 Å². The fourth-order valence-corrected chi connectivity index (χ4v) is 2.94. The van der Waals surface area contributed by atoms with Gasteiger partial charge in [-0.2, -0.15) is 0 Å². The number of aryl methyl sites for hydroxylation is 2. The Morgan fingerprint density at radius 2 is 1.95 bits per heavy atom. The molecule has 19 heavy (non-hydrogen) atoms. The maximum absolute atomic E-state index is 12.2. The SMILES string of the molecule is Cc1cc(C)cc(CC(=O)c2csc(CCN)n2)c1. The second-order valence-corrected chi connectivity index (χ2v) is 5.70. The van der Waals surface area contributed by atoms with E-state index in [-0.39, 0.29) is 5.78 Å². The number of nitrogens with two attached hydrogens (primary N) is 1. The number of hydrogen-bond acceptors (Lipinski definition) is 4. The standard InChI is InChI=1S/C15H18N2OS/c1-10-5-11(2)7-12(6-10)8-14(18)13-9-19-15(17-13)3-4-16/h5-7,9H,3-4,8,16H2,1-2H3. The summed E-state index contributed by atoms with van der Waals surface area (Å²) in [6.07, 6.45) is 1.15. The molecule has 0 aliphatic carbocycles. The number of hydrogen-bond donors (Lipinski definition) is 1. The molecule has 1 aromatic heterocycles. The summed E-state index contributed by atoms with van der Waals surface area (Å²) in [6, 6.07) is 6.21. The van der Waals surface area contributed by atoms with Gasteiger partial charge in [0.2, 0.25) is 0 Å². The summed E-state index contributed by atoms with van der Waals surface area (Å²) in [5.41, 5.74) is 9.47. The van der Waals surface area contributed by atoms with Gasteiger partial charge in [-0.05, 0) is 26.0 Å². The molecule has 0 saturated heterocycles. The molecule has 2 rings (SSSR count). The van der Waals surface area contributed by atoms with Gasteiger partial charge in [0.1, 0.15) is 5.69 Å². The van der Waals surface area contributed by atoms with Crippen LogP contribution in [0.1, 0.15) is 32.2 Å². The number of benzene rings is 1. The molecule has 0 radical (unpaired) electrons. The van der Waals surface area contributed by atoms with Crippen LogP contribution in [0.2, 0.25) is 0 Å². The molecule has 0 unspecified atom stereocenters. The third-order valence-corrected chi connectivity index (χ3v) is 3.75. The minimum Gasteiger partial charge on any atom is -0.330 e. The highest BCUT2D eigenvalue weighted by Gasteiger charge is 2.11. The minimum atomic E-state index is 0.0736. The summed E-state index contributed by atoms with van der Waals surface area (Å²) in [6.45, 7) is 4.66. The summed E-state index contributed by atoms with van der Waals surface area (Å²) in [7, 11) is 0. The molecule has 1 heterocycles. The zero-order valence-corrected chi connectivity index (χ0v) is 12.1. The van der Waals surface area contributed by atoms with Gasteiger partial charge in [0, 0.05) is 18.2 Å².